The van der Waals surface area contributed by atoms with Gasteiger partial charge in [-0.2, -0.15) is 0 Å². The van der Waals surface area contributed by atoms with E-state index >= 15 is 0 Å². The lowest BCUT2D eigenvalue weighted by molar-refractivity contribution is -0.0764. The third kappa shape index (κ3) is 7.30. The van der Waals surface area contributed by atoms with Gasteiger partial charge in [-0.1, -0.05) is 0 Å². The third-order valence-electron chi connectivity index (χ3n) is 0.928. The predicted octanol–water partition coefficient (Wildman–Crippen LogP) is 1.13. The highest BCUT2D eigenvalue weighted by Crippen LogP contribution is 1.86. The van der Waals surface area contributed by atoms with Crippen LogP contribution in [0.25, 0.3) is 0 Å². The van der Waals surface area contributed by atoms with E-state index in [4.69, 9.17) is 9.47 Å². The van der Waals surface area contributed by atoms with Crippen LogP contribution < -0.4 is 0 Å². The topological polar surface area (TPSA) is 54.0 Å². The minimum atomic E-state index is -0.781. The van der Waals surface area contributed by atoms with Gasteiger partial charge in [0.2, 0.25) is 0 Å². The van der Waals surface area contributed by atoms with Crippen molar-refractivity contribution in [3.05, 3.63) is 0 Å². The average Bonchev–Trinajstić information content (AvgIpc) is 2.06. The number of carbonyl (C=O) groups excluding carboxylic acids is 1. The van der Waals surface area contributed by atoms with Gasteiger partial charge in [-0.05, 0) is 13.8 Å². The Bertz CT molecular complexity index is 102. The number of carbonyl (C=O) groups is 1. The molecule has 5 heteroatoms. The molecule has 72 valence electrons. The van der Waals surface area contributed by atoms with Gasteiger partial charge in [-0.15, -0.1) is 0 Å². The number of ether oxygens (including phenoxy) is 4. The molecule has 0 heterocycles. The number of hydrogen-bond donors (Lipinski definition) is 0. The van der Waals surface area contributed by atoms with Gasteiger partial charge in [0.05, 0.1) is 0 Å². The minimum absolute atomic E-state index is 0.0819. The van der Waals surface area contributed by atoms with Gasteiger partial charge in [0.25, 0.3) is 0 Å². The van der Waals surface area contributed by atoms with Crippen molar-refractivity contribution in [2.75, 3.05) is 26.8 Å². The quantitative estimate of drug-likeness (QED) is 0.346. The molecule has 0 atom stereocenters. The maximum absolute atomic E-state index is 10.6. The van der Waals surface area contributed by atoms with Crippen molar-refractivity contribution >= 4 is 6.16 Å². The molecule has 0 rings (SSSR count). The van der Waals surface area contributed by atoms with Crippen LogP contribution in [0.2, 0.25) is 0 Å². The molecular formula is C7H14O5. The molecule has 0 spiro atoms. The Morgan fingerprint density at radius 1 is 1.00 bits per heavy atom. The molecule has 0 radical (unpaired) electrons. The van der Waals surface area contributed by atoms with Crippen molar-refractivity contribution in [2.45, 2.75) is 13.8 Å². The molecule has 0 saturated heterocycles. The van der Waals surface area contributed by atoms with E-state index in [0.29, 0.717) is 13.2 Å². The normalized spacial score (nSPS) is 9.50. The van der Waals surface area contributed by atoms with Crippen LogP contribution >= 0.6 is 0 Å². The molecule has 0 unspecified atom stereocenters. The first-order valence-corrected chi connectivity index (χ1v) is 3.76. The Morgan fingerprint density at radius 3 is 1.75 bits per heavy atom. The van der Waals surface area contributed by atoms with E-state index in [1.54, 1.807) is 13.8 Å². The Morgan fingerprint density at radius 2 is 1.42 bits per heavy atom. The summed E-state index contributed by atoms with van der Waals surface area (Å²) < 4.78 is 18.4. The second-order valence-electron chi connectivity index (χ2n) is 1.76. The fourth-order valence-electron chi connectivity index (χ4n) is 0.388. The van der Waals surface area contributed by atoms with Gasteiger partial charge in [-0.25, -0.2) is 4.79 Å². The fraction of sp³-hybridized carbons (Fsp3) is 0.857. The Kier molecular flexibility index (Phi) is 7.73. The lowest BCUT2D eigenvalue weighted by Crippen LogP contribution is -2.12. The molecule has 0 aliphatic carbocycles. The van der Waals surface area contributed by atoms with Crippen molar-refractivity contribution < 1.29 is 23.7 Å². The van der Waals surface area contributed by atoms with Crippen LogP contribution in [0.4, 0.5) is 4.79 Å². The Labute approximate surface area is 71.5 Å². The summed E-state index contributed by atoms with van der Waals surface area (Å²) >= 11 is 0. The van der Waals surface area contributed by atoms with Crippen LogP contribution in [0, 0.1) is 0 Å². The standard InChI is InChI=1S/C7H14O5/c1-3-9-5-11-7(8)12-6-10-4-2/h3-6H2,1-2H3. The summed E-state index contributed by atoms with van der Waals surface area (Å²) in [6.07, 6.45) is -0.781. The molecule has 0 bridgehead atoms. The van der Waals surface area contributed by atoms with Crippen LogP contribution in [0.5, 0.6) is 0 Å². The largest absolute Gasteiger partial charge is 0.512 e. The third-order valence-corrected chi connectivity index (χ3v) is 0.928. The van der Waals surface area contributed by atoms with Gasteiger partial charge in [0, 0.05) is 13.2 Å². The summed E-state index contributed by atoms with van der Waals surface area (Å²) in [5.74, 6) is 0. The van der Waals surface area contributed by atoms with Gasteiger partial charge in [0.15, 0.2) is 13.6 Å². The van der Waals surface area contributed by atoms with Crippen LogP contribution in [-0.2, 0) is 18.9 Å². The highest BCUT2D eigenvalue weighted by Gasteiger charge is 2.01. The SMILES string of the molecule is CCOCOC(=O)OCOCC. The first kappa shape index (κ1) is 11.2. The zero-order chi connectivity index (χ0) is 9.23. The highest BCUT2D eigenvalue weighted by molar-refractivity contribution is 5.59. The molecule has 0 aliphatic rings. The molecule has 0 amide bonds. The van der Waals surface area contributed by atoms with E-state index in [1.165, 1.54) is 0 Å². The lowest BCUT2D eigenvalue weighted by Gasteiger charge is -2.04. The molecular weight excluding hydrogens is 164 g/mol. The lowest BCUT2D eigenvalue weighted by atomic mass is 10.9. The smallest absolute Gasteiger partial charge is 0.407 e. The maximum Gasteiger partial charge on any atom is 0.512 e. The molecule has 5 nitrogen and oxygen atoms in total. The van der Waals surface area contributed by atoms with E-state index in [0.717, 1.165) is 0 Å². The average molecular weight is 178 g/mol. The minimum Gasteiger partial charge on any atom is -0.407 e. The van der Waals surface area contributed by atoms with Gasteiger partial charge in [-0.3, -0.25) is 0 Å². The molecule has 0 aliphatic heterocycles. The van der Waals surface area contributed by atoms with Crippen molar-refractivity contribution in [1.29, 1.82) is 0 Å². The summed E-state index contributed by atoms with van der Waals surface area (Å²) in [6, 6.07) is 0. The maximum atomic E-state index is 10.6. The van der Waals surface area contributed by atoms with E-state index in [9.17, 15) is 4.79 Å². The van der Waals surface area contributed by atoms with Gasteiger partial charge < -0.3 is 18.9 Å². The summed E-state index contributed by atoms with van der Waals surface area (Å²) in [5, 5.41) is 0. The van der Waals surface area contributed by atoms with Crippen molar-refractivity contribution in [3.8, 4) is 0 Å². The molecule has 0 aromatic heterocycles. The van der Waals surface area contributed by atoms with Crippen molar-refractivity contribution in [2.24, 2.45) is 0 Å². The second kappa shape index (κ2) is 8.29. The summed E-state index contributed by atoms with van der Waals surface area (Å²) in [7, 11) is 0. The van der Waals surface area contributed by atoms with Crippen LogP contribution in [0.3, 0.4) is 0 Å². The Balaban J connectivity index is 3.10. The van der Waals surface area contributed by atoms with Crippen LogP contribution in [0.15, 0.2) is 0 Å². The molecule has 0 fully saturated rings. The van der Waals surface area contributed by atoms with E-state index in [2.05, 4.69) is 9.47 Å². The van der Waals surface area contributed by atoms with Gasteiger partial charge in [0.1, 0.15) is 0 Å². The number of hydrogen-bond acceptors (Lipinski definition) is 5. The monoisotopic (exact) mass is 178 g/mol. The number of rotatable bonds is 6. The summed E-state index contributed by atoms with van der Waals surface area (Å²) in [4.78, 5) is 10.6. The van der Waals surface area contributed by atoms with Crippen molar-refractivity contribution in [1.82, 2.24) is 0 Å². The first-order chi connectivity index (χ1) is 5.81. The highest BCUT2D eigenvalue weighted by atomic mass is 16.8. The first-order valence-electron chi connectivity index (χ1n) is 3.76. The van der Waals surface area contributed by atoms with Gasteiger partial charge >= 0.3 is 6.16 Å². The molecule has 0 aromatic carbocycles. The van der Waals surface area contributed by atoms with E-state index in [1.807, 2.05) is 0 Å². The van der Waals surface area contributed by atoms with Crippen LogP contribution in [0.1, 0.15) is 13.8 Å². The molecule has 12 heavy (non-hydrogen) atoms. The fourth-order valence-corrected chi connectivity index (χ4v) is 0.388. The molecule has 0 aromatic rings. The summed E-state index contributed by atoms with van der Waals surface area (Å²) in [6.45, 7) is 4.43. The zero-order valence-electron chi connectivity index (χ0n) is 7.37. The predicted molar refractivity (Wildman–Crippen MR) is 40.6 cm³/mol. The van der Waals surface area contributed by atoms with Crippen molar-refractivity contribution in [3.63, 3.8) is 0 Å². The van der Waals surface area contributed by atoms with E-state index in [-0.39, 0.29) is 13.6 Å². The summed E-state index contributed by atoms with van der Waals surface area (Å²) in [5.41, 5.74) is 0. The zero-order valence-corrected chi connectivity index (χ0v) is 7.37. The second-order valence-corrected chi connectivity index (χ2v) is 1.76. The molecule has 0 saturated carbocycles. The Hall–Kier alpha value is -0.810. The van der Waals surface area contributed by atoms with E-state index < -0.39 is 6.16 Å². The van der Waals surface area contributed by atoms with Crippen LogP contribution in [-0.4, -0.2) is 33.0 Å². The molecule has 0 N–H and O–H groups in total.